The van der Waals surface area contributed by atoms with E-state index in [1.165, 1.54) is 0 Å². The van der Waals surface area contributed by atoms with Crippen molar-refractivity contribution in [3.63, 3.8) is 0 Å². The van der Waals surface area contributed by atoms with Crippen LogP contribution >= 0.6 is 11.6 Å². The van der Waals surface area contributed by atoms with Crippen molar-refractivity contribution in [3.8, 4) is 5.75 Å². The lowest BCUT2D eigenvalue weighted by Crippen LogP contribution is -2.16. The molecule has 4 nitrogen and oxygen atoms in total. The Bertz CT molecular complexity index is 432. The first-order valence-corrected chi connectivity index (χ1v) is 5.18. The van der Waals surface area contributed by atoms with Crippen molar-refractivity contribution < 1.29 is 15.0 Å². The minimum atomic E-state index is -0.973. The molecule has 0 aliphatic heterocycles. The highest BCUT2D eigenvalue weighted by Crippen LogP contribution is 2.35. The van der Waals surface area contributed by atoms with Gasteiger partial charge in [0.15, 0.2) is 0 Å². The van der Waals surface area contributed by atoms with Crippen molar-refractivity contribution in [1.82, 2.24) is 0 Å². The summed E-state index contributed by atoms with van der Waals surface area (Å²) in [6, 6.07) is 1.07. The van der Waals surface area contributed by atoms with Crippen molar-refractivity contribution >= 4 is 17.6 Å². The standard InChI is InChI=1S/C11H14ClNO3/c1-5-3-7(8(13)4-9(14)15)6(2)11(16)10(5)12/h3,8,16H,4,13H2,1-2H3,(H,14,15). The lowest BCUT2D eigenvalue weighted by atomic mass is 9.96. The molecule has 1 aromatic carbocycles. The third-order valence-electron chi connectivity index (χ3n) is 2.51. The Balaban J connectivity index is 3.19. The molecule has 4 N–H and O–H groups in total. The van der Waals surface area contributed by atoms with Crippen LogP contribution < -0.4 is 5.73 Å². The van der Waals surface area contributed by atoms with Gasteiger partial charge < -0.3 is 15.9 Å². The molecule has 88 valence electrons. The summed E-state index contributed by atoms with van der Waals surface area (Å²) in [6.45, 7) is 3.40. The molecule has 5 heteroatoms. The third-order valence-corrected chi connectivity index (χ3v) is 2.99. The van der Waals surface area contributed by atoms with E-state index in [-0.39, 0.29) is 17.2 Å². The topological polar surface area (TPSA) is 83.6 Å². The fourth-order valence-electron chi connectivity index (χ4n) is 1.58. The fraction of sp³-hybridized carbons (Fsp3) is 0.364. The number of carboxylic acids is 1. The minimum absolute atomic E-state index is 0.0301. The van der Waals surface area contributed by atoms with E-state index < -0.39 is 12.0 Å². The summed E-state index contributed by atoms with van der Waals surface area (Å²) in [5.41, 5.74) is 7.58. The number of carbonyl (C=O) groups is 1. The molecule has 0 bridgehead atoms. The van der Waals surface area contributed by atoms with Crippen molar-refractivity contribution in [3.05, 3.63) is 27.8 Å². The van der Waals surface area contributed by atoms with E-state index in [1.54, 1.807) is 19.9 Å². The number of benzene rings is 1. The number of halogens is 1. The molecule has 0 saturated heterocycles. The van der Waals surface area contributed by atoms with Crippen LogP contribution in [0.25, 0.3) is 0 Å². The number of hydrogen-bond acceptors (Lipinski definition) is 3. The molecule has 0 heterocycles. The summed E-state index contributed by atoms with van der Waals surface area (Å²) >= 11 is 5.86. The highest BCUT2D eigenvalue weighted by molar-refractivity contribution is 6.32. The second-order valence-electron chi connectivity index (χ2n) is 3.77. The predicted octanol–water partition coefficient (Wildman–Crippen LogP) is 2.14. The molecule has 0 aliphatic carbocycles. The van der Waals surface area contributed by atoms with Crippen LogP contribution in [-0.2, 0) is 4.79 Å². The molecular weight excluding hydrogens is 230 g/mol. The zero-order chi connectivity index (χ0) is 12.5. The number of aromatic hydroxyl groups is 1. The summed E-state index contributed by atoms with van der Waals surface area (Å²) in [5, 5.41) is 18.7. The molecular formula is C11H14ClNO3. The summed E-state index contributed by atoms with van der Waals surface area (Å²) in [7, 11) is 0. The second kappa shape index (κ2) is 4.72. The van der Waals surface area contributed by atoms with E-state index in [0.29, 0.717) is 16.7 Å². The number of phenolic OH excluding ortho intramolecular Hbond substituents is 1. The molecule has 0 radical (unpaired) electrons. The van der Waals surface area contributed by atoms with Gasteiger partial charge in [-0.2, -0.15) is 0 Å². The van der Waals surface area contributed by atoms with E-state index in [1.807, 2.05) is 0 Å². The highest BCUT2D eigenvalue weighted by atomic mass is 35.5. The first-order valence-electron chi connectivity index (χ1n) is 4.80. The molecule has 0 amide bonds. The van der Waals surface area contributed by atoms with Gasteiger partial charge in [-0.25, -0.2) is 0 Å². The normalized spacial score (nSPS) is 12.5. The molecule has 0 aromatic heterocycles. The van der Waals surface area contributed by atoms with Gasteiger partial charge in [-0.05, 0) is 30.5 Å². The monoisotopic (exact) mass is 243 g/mol. The Morgan fingerprint density at radius 1 is 1.56 bits per heavy atom. The average Bonchev–Trinajstić information content (AvgIpc) is 2.19. The molecule has 1 unspecified atom stereocenters. The third kappa shape index (κ3) is 2.46. The van der Waals surface area contributed by atoms with Crippen LogP contribution in [0.5, 0.6) is 5.75 Å². The average molecular weight is 244 g/mol. The molecule has 16 heavy (non-hydrogen) atoms. The molecule has 1 rings (SSSR count). The van der Waals surface area contributed by atoms with Crippen molar-refractivity contribution in [2.75, 3.05) is 0 Å². The van der Waals surface area contributed by atoms with Crippen molar-refractivity contribution in [2.24, 2.45) is 5.73 Å². The molecule has 0 saturated carbocycles. The van der Waals surface area contributed by atoms with Crippen LogP contribution in [-0.4, -0.2) is 16.2 Å². The number of aryl methyl sites for hydroxylation is 1. The van der Waals surface area contributed by atoms with Gasteiger partial charge in [0.1, 0.15) is 5.75 Å². The summed E-state index contributed by atoms with van der Waals surface area (Å²) in [6.07, 6.45) is -0.179. The maximum absolute atomic E-state index is 10.6. The Morgan fingerprint density at radius 2 is 2.12 bits per heavy atom. The Kier molecular flexibility index (Phi) is 3.78. The van der Waals surface area contributed by atoms with Gasteiger partial charge in [-0.1, -0.05) is 17.7 Å². The lowest BCUT2D eigenvalue weighted by Gasteiger charge is -2.16. The van der Waals surface area contributed by atoms with E-state index in [4.69, 9.17) is 22.4 Å². The van der Waals surface area contributed by atoms with Crippen molar-refractivity contribution in [2.45, 2.75) is 26.3 Å². The van der Waals surface area contributed by atoms with Gasteiger partial charge >= 0.3 is 5.97 Å². The van der Waals surface area contributed by atoms with Gasteiger partial charge in [0, 0.05) is 6.04 Å². The lowest BCUT2D eigenvalue weighted by molar-refractivity contribution is -0.137. The number of nitrogens with two attached hydrogens (primary N) is 1. The van der Waals surface area contributed by atoms with Gasteiger partial charge in [0.2, 0.25) is 0 Å². The maximum Gasteiger partial charge on any atom is 0.305 e. The minimum Gasteiger partial charge on any atom is -0.506 e. The SMILES string of the molecule is Cc1cc(C(N)CC(=O)O)c(C)c(O)c1Cl. The zero-order valence-electron chi connectivity index (χ0n) is 9.12. The van der Waals surface area contributed by atoms with E-state index in [2.05, 4.69) is 0 Å². The number of carboxylic acid groups (broad SMARTS) is 1. The highest BCUT2D eigenvalue weighted by Gasteiger charge is 2.17. The first-order chi connectivity index (χ1) is 7.34. The van der Waals surface area contributed by atoms with Gasteiger partial charge in [0.05, 0.1) is 11.4 Å². The Hall–Kier alpha value is -1.26. The number of aliphatic carboxylic acids is 1. The van der Waals surface area contributed by atoms with Crippen LogP contribution in [0.3, 0.4) is 0 Å². The van der Waals surface area contributed by atoms with Gasteiger partial charge in [-0.15, -0.1) is 0 Å². The summed E-state index contributed by atoms with van der Waals surface area (Å²) < 4.78 is 0. The molecule has 1 aromatic rings. The fourth-order valence-corrected chi connectivity index (χ4v) is 1.77. The van der Waals surface area contributed by atoms with Crippen LogP contribution in [0.15, 0.2) is 6.07 Å². The van der Waals surface area contributed by atoms with E-state index >= 15 is 0 Å². The summed E-state index contributed by atoms with van der Waals surface area (Å²) in [4.78, 5) is 10.6. The van der Waals surface area contributed by atoms with Crippen LogP contribution in [0.2, 0.25) is 5.02 Å². The van der Waals surface area contributed by atoms with Crippen LogP contribution in [0, 0.1) is 13.8 Å². The van der Waals surface area contributed by atoms with Gasteiger partial charge in [-0.3, -0.25) is 4.79 Å². The second-order valence-corrected chi connectivity index (χ2v) is 4.15. The van der Waals surface area contributed by atoms with Gasteiger partial charge in [0.25, 0.3) is 0 Å². The Morgan fingerprint density at radius 3 is 2.62 bits per heavy atom. The van der Waals surface area contributed by atoms with E-state index in [9.17, 15) is 9.90 Å². The van der Waals surface area contributed by atoms with Crippen molar-refractivity contribution in [1.29, 1.82) is 0 Å². The smallest absolute Gasteiger partial charge is 0.305 e. The van der Waals surface area contributed by atoms with Crippen LogP contribution in [0.4, 0.5) is 0 Å². The zero-order valence-corrected chi connectivity index (χ0v) is 9.88. The first kappa shape index (κ1) is 12.8. The quantitative estimate of drug-likeness (QED) is 0.760. The molecule has 0 spiro atoms. The molecule has 0 aliphatic rings. The maximum atomic E-state index is 10.6. The molecule has 1 atom stereocenters. The predicted molar refractivity (Wildman–Crippen MR) is 61.8 cm³/mol. The van der Waals surface area contributed by atoms with Crippen LogP contribution in [0.1, 0.15) is 29.2 Å². The summed E-state index contributed by atoms with van der Waals surface area (Å²) in [5.74, 6) is -1.00. The Labute approximate surface area is 98.6 Å². The largest absolute Gasteiger partial charge is 0.506 e. The number of phenols is 1. The van der Waals surface area contributed by atoms with E-state index in [0.717, 1.165) is 0 Å². The number of rotatable bonds is 3. The molecule has 0 fully saturated rings. The number of hydrogen-bond donors (Lipinski definition) is 3.